The van der Waals surface area contributed by atoms with Gasteiger partial charge < -0.3 is 20.4 Å². The minimum absolute atomic E-state index is 0. The Kier molecular flexibility index (Phi) is 11.0. The van der Waals surface area contributed by atoms with Crippen molar-refractivity contribution in [1.82, 2.24) is 20.0 Å². The molecule has 1 aromatic carbocycles. The van der Waals surface area contributed by atoms with Gasteiger partial charge in [-0.1, -0.05) is 32.0 Å². The Morgan fingerprint density at radius 3 is 2.16 bits per heavy atom. The van der Waals surface area contributed by atoms with E-state index in [0.29, 0.717) is 17.9 Å². The van der Waals surface area contributed by atoms with Crippen molar-refractivity contribution >= 4 is 41.5 Å². The molecule has 180 valence electrons. The van der Waals surface area contributed by atoms with E-state index in [4.69, 9.17) is 0 Å². The Bertz CT molecular complexity index is 714. The van der Waals surface area contributed by atoms with Crippen LogP contribution in [0.25, 0.3) is 0 Å². The maximum Gasteiger partial charge on any atom is 0.239 e. The Morgan fingerprint density at radius 1 is 0.969 bits per heavy atom. The van der Waals surface area contributed by atoms with E-state index < -0.39 is 0 Å². The van der Waals surface area contributed by atoms with Gasteiger partial charge in [0.2, 0.25) is 5.91 Å². The molecule has 2 heterocycles. The van der Waals surface area contributed by atoms with E-state index in [1.54, 1.807) is 0 Å². The molecule has 8 heteroatoms. The van der Waals surface area contributed by atoms with Gasteiger partial charge in [-0.3, -0.25) is 14.7 Å². The highest BCUT2D eigenvalue weighted by Crippen LogP contribution is 2.15. The van der Waals surface area contributed by atoms with Gasteiger partial charge in [0.1, 0.15) is 0 Å². The monoisotopic (exact) mass is 556 g/mol. The fourth-order valence-corrected chi connectivity index (χ4v) is 4.41. The van der Waals surface area contributed by atoms with Crippen LogP contribution in [0.2, 0.25) is 0 Å². The molecule has 2 aliphatic heterocycles. The number of anilines is 1. The van der Waals surface area contributed by atoms with Crippen LogP contribution in [-0.4, -0.2) is 91.5 Å². The lowest BCUT2D eigenvalue weighted by atomic mass is 10.0. The van der Waals surface area contributed by atoms with Crippen LogP contribution in [0.4, 0.5) is 5.69 Å². The smallest absolute Gasteiger partial charge is 0.239 e. The maximum atomic E-state index is 12.7. The highest BCUT2D eigenvalue weighted by Gasteiger charge is 2.30. The molecule has 2 atom stereocenters. The SMILES string of the molecule is CN=C(NCC(Nc1ccccc1)C(C)C)N1CCN(C(C)C(=O)N2CCCC2)CC1.I. The molecule has 7 nitrogen and oxygen atoms in total. The zero-order chi connectivity index (χ0) is 22.2. The molecule has 0 radical (unpaired) electrons. The third-order valence-corrected chi connectivity index (χ3v) is 6.56. The van der Waals surface area contributed by atoms with Crippen LogP contribution in [0.15, 0.2) is 35.3 Å². The van der Waals surface area contributed by atoms with Gasteiger partial charge in [0.15, 0.2) is 5.96 Å². The van der Waals surface area contributed by atoms with Crippen LogP contribution in [0.5, 0.6) is 0 Å². The standard InChI is InChI=1S/C24H40N6O.HI/c1-19(2)22(27-21-10-6-5-7-11-21)18-26-24(25-4)30-16-14-28(15-17-30)20(3)23(31)29-12-8-9-13-29;/h5-7,10-11,19-20,22,27H,8-9,12-18H2,1-4H3,(H,25,26);1H. The van der Waals surface area contributed by atoms with Crippen molar-refractivity contribution in [3.63, 3.8) is 0 Å². The molecule has 0 bridgehead atoms. The molecule has 3 rings (SSSR count). The highest BCUT2D eigenvalue weighted by molar-refractivity contribution is 14.0. The average Bonchev–Trinajstić information content (AvgIpc) is 3.33. The number of aliphatic imine (C=N–C) groups is 1. The first-order valence-corrected chi connectivity index (χ1v) is 11.8. The van der Waals surface area contributed by atoms with Crippen LogP contribution in [0.1, 0.15) is 33.6 Å². The predicted molar refractivity (Wildman–Crippen MR) is 144 cm³/mol. The number of nitrogens with one attached hydrogen (secondary N) is 2. The fourth-order valence-electron chi connectivity index (χ4n) is 4.41. The largest absolute Gasteiger partial charge is 0.380 e. The second-order valence-electron chi connectivity index (χ2n) is 9.02. The molecule has 2 unspecified atom stereocenters. The molecule has 0 aromatic heterocycles. The predicted octanol–water partition coefficient (Wildman–Crippen LogP) is 2.95. The number of piperazine rings is 1. The molecule has 32 heavy (non-hydrogen) atoms. The Morgan fingerprint density at radius 2 is 1.59 bits per heavy atom. The number of hydrogen-bond acceptors (Lipinski definition) is 4. The van der Waals surface area contributed by atoms with Crippen LogP contribution in [0, 0.1) is 5.92 Å². The first kappa shape index (κ1) is 26.7. The Hall–Kier alpha value is -1.55. The van der Waals surface area contributed by atoms with Crippen LogP contribution >= 0.6 is 24.0 Å². The summed E-state index contributed by atoms with van der Waals surface area (Å²) in [5, 5.41) is 7.21. The second kappa shape index (κ2) is 13.2. The summed E-state index contributed by atoms with van der Waals surface area (Å²) in [7, 11) is 1.85. The average molecular weight is 557 g/mol. The molecule has 2 saturated heterocycles. The van der Waals surface area contributed by atoms with E-state index in [2.05, 4.69) is 70.5 Å². The van der Waals surface area contributed by atoms with Gasteiger partial charge in [0.05, 0.1) is 6.04 Å². The third kappa shape index (κ3) is 7.23. The minimum atomic E-state index is -0.0318. The van der Waals surface area contributed by atoms with E-state index in [1.165, 1.54) is 0 Å². The van der Waals surface area contributed by atoms with Crippen molar-refractivity contribution in [3.8, 4) is 0 Å². The summed E-state index contributed by atoms with van der Waals surface area (Å²) >= 11 is 0. The molecule has 2 fully saturated rings. The molecule has 0 aliphatic carbocycles. The molecule has 1 amide bonds. The van der Waals surface area contributed by atoms with Crippen LogP contribution in [0.3, 0.4) is 0 Å². The van der Waals surface area contributed by atoms with Gasteiger partial charge in [-0.15, -0.1) is 24.0 Å². The fraction of sp³-hybridized carbons (Fsp3) is 0.667. The van der Waals surface area contributed by atoms with Gasteiger partial charge in [0.25, 0.3) is 0 Å². The van der Waals surface area contributed by atoms with E-state index in [1.807, 2.05) is 18.0 Å². The number of guanidine groups is 1. The normalized spacial score (nSPS) is 19.5. The lowest BCUT2D eigenvalue weighted by Crippen LogP contribution is -2.57. The van der Waals surface area contributed by atoms with Crippen molar-refractivity contribution < 1.29 is 4.79 Å². The van der Waals surface area contributed by atoms with Crippen LogP contribution in [-0.2, 0) is 4.79 Å². The van der Waals surface area contributed by atoms with Gasteiger partial charge in [0, 0.05) is 64.6 Å². The number of likely N-dealkylation sites (tertiary alicyclic amines) is 1. The summed E-state index contributed by atoms with van der Waals surface area (Å²) < 4.78 is 0. The van der Waals surface area contributed by atoms with Gasteiger partial charge in [-0.25, -0.2) is 0 Å². The number of nitrogens with zero attached hydrogens (tertiary/aromatic N) is 4. The van der Waals surface area contributed by atoms with E-state index >= 15 is 0 Å². The number of para-hydroxylation sites is 1. The van der Waals surface area contributed by atoms with E-state index in [0.717, 1.165) is 70.3 Å². The number of benzene rings is 1. The molecular formula is C24H41IN6O. The molecule has 2 aliphatic rings. The van der Waals surface area contributed by atoms with Crippen molar-refractivity contribution in [3.05, 3.63) is 30.3 Å². The molecule has 2 N–H and O–H groups in total. The second-order valence-corrected chi connectivity index (χ2v) is 9.02. The van der Waals surface area contributed by atoms with E-state index in [9.17, 15) is 4.79 Å². The number of hydrogen-bond donors (Lipinski definition) is 2. The number of halogens is 1. The summed E-state index contributed by atoms with van der Waals surface area (Å²) in [6.07, 6.45) is 2.29. The topological polar surface area (TPSA) is 63.2 Å². The molecule has 0 saturated carbocycles. The zero-order valence-corrected chi connectivity index (χ0v) is 22.4. The molecule has 1 aromatic rings. The summed E-state index contributed by atoms with van der Waals surface area (Å²) in [4.78, 5) is 23.9. The lowest BCUT2D eigenvalue weighted by molar-refractivity contribution is -0.135. The number of carbonyl (C=O) groups excluding carboxylic acids is 1. The van der Waals surface area contributed by atoms with E-state index in [-0.39, 0.29) is 30.0 Å². The lowest BCUT2D eigenvalue weighted by Gasteiger charge is -2.40. The minimum Gasteiger partial charge on any atom is -0.380 e. The Labute approximate surface area is 211 Å². The zero-order valence-electron chi connectivity index (χ0n) is 20.1. The van der Waals surface area contributed by atoms with Gasteiger partial charge >= 0.3 is 0 Å². The van der Waals surface area contributed by atoms with Crippen molar-refractivity contribution in [1.29, 1.82) is 0 Å². The summed E-state index contributed by atoms with van der Waals surface area (Å²) in [5.41, 5.74) is 1.14. The van der Waals surface area contributed by atoms with Crippen molar-refractivity contribution in [2.45, 2.75) is 45.7 Å². The summed E-state index contributed by atoms with van der Waals surface area (Å²) in [5.74, 6) is 1.72. The van der Waals surface area contributed by atoms with Gasteiger partial charge in [-0.2, -0.15) is 0 Å². The maximum absolute atomic E-state index is 12.7. The molecular weight excluding hydrogens is 515 g/mol. The quantitative estimate of drug-likeness (QED) is 0.307. The number of rotatable bonds is 7. The first-order chi connectivity index (χ1) is 15.0. The third-order valence-electron chi connectivity index (χ3n) is 6.56. The molecule has 0 spiro atoms. The first-order valence-electron chi connectivity index (χ1n) is 11.8. The Balaban J connectivity index is 0.00000363. The summed E-state index contributed by atoms with van der Waals surface area (Å²) in [6.45, 7) is 12.7. The number of carbonyl (C=O) groups is 1. The van der Waals surface area contributed by atoms with Crippen molar-refractivity contribution in [2.75, 3.05) is 58.2 Å². The van der Waals surface area contributed by atoms with Crippen LogP contribution < -0.4 is 10.6 Å². The number of amides is 1. The highest BCUT2D eigenvalue weighted by atomic mass is 127. The van der Waals surface area contributed by atoms with Crippen molar-refractivity contribution in [2.24, 2.45) is 10.9 Å². The summed E-state index contributed by atoms with van der Waals surface area (Å²) in [6, 6.07) is 10.6. The van der Waals surface area contributed by atoms with Gasteiger partial charge in [-0.05, 0) is 37.8 Å².